The van der Waals surface area contributed by atoms with Crippen molar-refractivity contribution in [3.8, 4) is 0 Å². The highest BCUT2D eigenvalue weighted by atomic mass is 79.9. The third-order valence-electron chi connectivity index (χ3n) is 1.23. The molecule has 62 valence electrons. The zero-order chi connectivity index (χ0) is 8.10. The summed E-state index contributed by atoms with van der Waals surface area (Å²) in [6.45, 7) is 0.736. The highest BCUT2D eigenvalue weighted by molar-refractivity contribution is 9.09. The molecule has 0 fully saturated rings. The van der Waals surface area contributed by atoms with Gasteiger partial charge in [0.2, 0.25) is 0 Å². The Balaban J connectivity index is 2.31. The van der Waals surface area contributed by atoms with Gasteiger partial charge in [0.1, 0.15) is 0 Å². The largest absolute Gasteiger partial charge is 0.384 e. The van der Waals surface area contributed by atoms with Crippen LogP contribution >= 0.6 is 27.3 Å². The molecule has 0 bridgehead atoms. The molecule has 0 saturated heterocycles. The van der Waals surface area contributed by atoms with Gasteiger partial charge in [-0.1, -0.05) is 15.9 Å². The summed E-state index contributed by atoms with van der Waals surface area (Å²) in [7, 11) is 1.70. The average Bonchev–Trinajstić information content (AvgIpc) is 2.40. The number of alkyl halides is 1. The summed E-state index contributed by atoms with van der Waals surface area (Å²) in [6.07, 6.45) is 2.78. The summed E-state index contributed by atoms with van der Waals surface area (Å²) in [5.74, 6) is 0. The first-order valence-electron chi connectivity index (χ1n) is 3.34. The third-order valence-corrected chi connectivity index (χ3v) is 2.62. The standard InChI is InChI=1S/C7H10BrNOS/c1-10-5-6(8)4-7-9-2-3-11-7/h2-3,6H,4-5H2,1H3. The smallest absolute Gasteiger partial charge is 0.0936 e. The number of ether oxygens (including phenoxy) is 1. The first-order valence-corrected chi connectivity index (χ1v) is 5.14. The first kappa shape index (κ1) is 9.16. The lowest BCUT2D eigenvalue weighted by atomic mass is 10.3. The van der Waals surface area contributed by atoms with Gasteiger partial charge in [0, 0.05) is 29.9 Å². The quantitative estimate of drug-likeness (QED) is 0.747. The van der Waals surface area contributed by atoms with Gasteiger partial charge in [-0.15, -0.1) is 11.3 Å². The maximum atomic E-state index is 4.98. The maximum absolute atomic E-state index is 4.98. The molecular formula is C7H10BrNOS. The molecule has 2 nitrogen and oxygen atoms in total. The number of halogens is 1. The highest BCUT2D eigenvalue weighted by Gasteiger charge is 2.05. The summed E-state index contributed by atoms with van der Waals surface area (Å²) in [5, 5.41) is 3.14. The van der Waals surface area contributed by atoms with Crippen LogP contribution in [0.15, 0.2) is 11.6 Å². The number of methoxy groups -OCH3 is 1. The van der Waals surface area contributed by atoms with E-state index in [1.165, 1.54) is 0 Å². The molecule has 0 amide bonds. The predicted octanol–water partition coefficient (Wildman–Crippen LogP) is 2.10. The van der Waals surface area contributed by atoms with Crippen molar-refractivity contribution in [1.82, 2.24) is 4.98 Å². The van der Waals surface area contributed by atoms with Gasteiger partial charge in [0.15, 0.2) is 0 Å². The van der Waals surface area contributed by atoms with Crippen LogP contribution in [0.1, 0.15) is 5.01 Å². The third kappa shape index (κ3) is 3.31. The maximum Gasteiger partial charge on any atom is 0.0936 e. The van der Waals surface area contributed by atoms with Crippen molar-refractivity contribution in [3.05, 3.63) is 16.6 Å². The van der Waals surface area contributed by atoms with Crippen molar-refractivity contribution >= 4 is 27.3 Å². The minimum absolute atomic E-state index is 0.388. The molecule has 0 spiro atoms. The van der Waals surface area contributed by atoms with E-state index in [2.05, 4.69) is 20.9 Å². The normalized spacial score (nSPS) is 13.3. The van der Waals surface area contributed by atoms with Crippen LogP contribution in [-0.2, 0) is 11.2 Å². The van der Waals surface area contributed by atoms with E-state index in [0.717, 1.165) is 18.0 Å². The predicted molar refractivity (Wildman–Crippen MR) is 50.4 cm³/mol. The van der Waals surface area contributed by atoms with Gasteiger partial charge >= 0.3 is 0 Å². The molecule has 0 aliphatic heterocycles. The van der Waals surface area contributed by atoms with Gasteiger partial charge < -0.3 is 4.74 Å². The molecule has 0 radical (unpaired) electrons. The molecule has 1 aromatic rings. The van der Waals surface area contributed by atoms with Crippen LogP contribution in [0.2, 0.25) is 0 Å². The van der Waals surface area contributed by atoms with Gasteiger partial charge in [0.25, 0.3) is 0 Å². The molecule has 11 heavy (non-hydrogen) atoms. The Labute approximate surface area is 78.7 Å². The van der Waals surface area contributed by atoms with Gasteiger partial charge in [-0.05, 0) is 0 Å². The number of rotatable bonds is 4. The van der Waals surface area contributed by atoms with E-state index in [9.17, 15) is 0 Å². The van der Waals surface area contributed by atoms with E-state index in [-0.39, 0.29) is 0 Å². The van der Waals surface area contributed by atoms with E-state index < -0.39 is 0 Å². The number of hydrogen-bond acceptors (Lipinski definition) is 3. The molecule has 4 heteroatoms. The van der Waals surface area contributed by atoms with E-state index >= 15 is 0 Å². The van der Waals surface area contributed by atoms with Crippen molar-refractivity contribution in [2.75, 3.05) is 13.7 Å². The second-order valence-electron chi connectivity index (χ2n) is 2.18. The minimum Gasteiger partial charge on any atom is -0.384 e. The molecule has 1 aromatic heterocycles. The van der Waals surface area contributed by atoms with E-state index in [4.69, 9.17) is 4.74 Å². The van der Waals surface area contributed by atoms with E-state index in [1.54, 1.807) is 18.4 Å². The monoisotopic (exact) mass is 235 g/mol. The molecule has 0 aliphatic rings. The van der Waals surface area contributed by atoms with Crippen LogP contribution < -0.4 is 0 Å². The van der Waals surface area contributed by atoms with Crippen molar-refractivity contribution in [3.63, 3.8) is 0 Å². The Kier molecular flexibility index (Phi) is 4.04. The summed E-state index contributed by atoms with van der Waals surface area (Å²) in [6, 6.07) is 0. The Morgan fingerprint density at radius 2 is 2.64 bits per heavy atom. The molecular weight excluding hydrogens is 226 g/mol. The lowest BCUT2D eigenvalue weighted by Crippen LogP contribution is -2.09. The Bertz CT molecular complexity index is 190. The zero-order valence-electron chi connectivity index (χ0n) is 6.29. The molecule has 0 N–H and O–H groups in total. The van der Waals surface area contributed by atoms with Crippen molar-refractivity contribution in [2.45, 2.75) is 11.2 Å². The number of aromatic nitrogens is 1. The summed E-state index contributed by atoms with van der Waals surface area (Å²) in [4.78, 5) is 4.56. The molecule has 0 aliphatic carbocycles. The van der Waals surface area contributed by atoms with Gasteiger partial charge in [0.05, 0.1) is 11.6 Å². The van der Waals surface area contributed by atoms with Crippen LogP contribution in [0.4, 0.5) is 0 Å². The van der Waals surface area contributed by atoms with E-state index in [0.29, 0.717) is 4.83 Å². The fraction of sp³-hybridized carbons (Fsp3) is 0.571. The summed E-state index contributed by atoms with van der Waals surface area (Å²) in [5.41, 5.74) is 0. The Morgan fingerprint density at radius 1 is 1.82 bits per heavy atom. The molecule has 0 saturated carbocycles. The molecule has 1 atom stereocenters. The molecule has 1 rings (SSSR count). The number of thiazole rings is 1. The first-order chi connectivity index (χ1) is 5.33. The van der Waals surface area contributed by atoms with Gasteiger partial charge in [-0.3, -0.25) is 0 Å². The number of hydrogen-bond donors (Lipinski definition) is 0. The summed E-state index contributed by atoms with van der Waals surface area (Å²) >= 11 is 5.18. The minimum atomic E-state index is 0.388. The Hall–Kier alpha value is 0.0700. The zero-order valence-corrected chi connectivity index (χ0v) is 8.69. The molecule has 1 unspecified atom stereocenters. The lowest BCUT2D eigenvalue weighted by Gasteiger charge is -2.04. The van der Waals surface area contributed by atoms with Crippen molar-refractivity contribution < 1.29 is 4.74 Å². The van der Waals surface area contributed by atoms with Gasteiger partial charge in [-0.25, -0.2) is 4.98 Å². The lowest BCUT2D eigenvalue weighted by molar-refractivity contribution is 0.200. The fourth-order valence-electron chi connectivity index (χ4n) is 0.783. The van der Waals surface area contributed by atoms with Crippen molar-refractivity contribution in [2.24, 2.45) is 0 Å². The van der Waals surface area contributed by atoms with Crippen LogP contribution in [0.5, 0.6) is 0 Å². The summed E-state index contributed by atoms with van der Waals surface area (Å²) < 4.78 is 4.98. The number of nitrogens with zero attached hydrogens (tertiary/aromatic N) is 1. The van der Waals surface area contributed by atoms with E-state index in [1.807, 2.05) is 11.6 Å². The topological polar surface area (TPSA) is 22.1 Å². The molecule has 1 heterocycles. The van der Waals surface area contributed by atoms with Gasteiger partial charge in [-0.2, -0.15) is 0 Å². The Morgan fingerprint density at radius 3 is 3.18 bits per heavy atom. The van der Waals surface area contributed by atoms with Crippen molar-refractivity contribution in [1.29, 1.82) is 0 Å². The second-order valence-corrected chi connectivity index (χ2v) is 4.46. The highest BCUT2D eigenvalue weighted by Crippen LogP contribution is 2.12. The SMILES string of the molecule is COCC(Br)Cc1nccs1. The van der Waals surface area contributed by atoms with Crippen LogP contribution in [0.25, 0.3) is 0 Å². The van der Waals surface area contributed by atoms with Crippen LogP contribution in [-0.4, -0.2) is 23.5 Å². The second kappa shape index (κ2) is 4.85. The molecule has 0 aromatic carbocycles. The fourth-order valence-corrected chi connectivity index (χ4v) is 2.27. The average molecular weight is 236 g/mol. The van der Waals surface area contributed by atoms with Crippen LogP contribution in [0, 0.1) is 0 Å². The van der Waals surface area contributed by atoms with Crippen LogP contribution in [0.3, 0.4) is 0 Å².